The smallest absolute Gasteiger partial charge is 0.190 e. The average molecular weight is 850 g/mol. The van der Waals surface area contributed by atoms with Gasteiger partial charge in [0.05, 0.1) is 19.9 Å². The van der Waals surface area contributed by atoms with Crippen molar-refractivity contribution in [3.63, 3.8) is 0 Å². The largest absolute Gasteiger partial charge is 0.487 e. The molecule has 1 atom stereocenters. The number of halogens is 4. The summed E-state index contributed by atoms with van der Waals surface area (Å²) in [5.41, 5.74) is 3.37. The Hall–Kier alpha value is -2.14. The Morgan fingerprint density at radius 2 is 1.08 bits per heavy atom. The Bertz CT molecular complexity index is 1690. The summed E-state index contributed by atoms with van der Waals surface area (Å²) in [6.45, 7) is 4.80. The predicted molar refractivity (Wildman–Crippen MR) is 215 cm³/mol. The van der Waals surface area contributed by atoms with Crippen LogP contribution in [0.5, 0.6) is 5.75 Å². The van der Waals surface area contributed by atoms with Crippen LogP contribution in [0.4, 0.5) is 8.78 Å². The van der Waals surface area contributed by atoms with Gasteiger partial charge in [-0.1, -0.05) is 116 Å². The number of ether oxygens (including phenoxy) is 1. The van der Waals surface area contributed by atoms with Crippen molar-refractivity contribution < 1.29 is 13.5 Å². The highest BCUT2D eigenvalue weighted by Gasteiger charge is 2.21. The summed E-state index contributed by atoms with van der Waals surface area (Å²) in [4.78, 5) is 3.38. The SMILES string of the molecule is CCCCCCCCCCC(CCCCCCCC)COc1c(F)cc(-n2nc3c(-c4ccc(Br)s4)ccc(-c4ccc(Br)s4)c3n2)cc1F. The number of hydrogen-bond acceptors (Lipinski definition) is 5. The van der Waals surface area contributed by atoms with Crippen LogP contribution in [0.2, 0.25) is 0 Å². The maximum atomic E-state index is 15.7. The number of unbranched alkanes of at least 4 members (excludes halogenated alkanes) is 12. The fourth-order valence-electron chi connectivity index (χ4n) is 6.52. The molecule has 1 unspecified atom stereocenters. The molecule has 0 amide bonds. The van der Waals surface area contributed by atoms with Crippen molar-refractivity contribution in [1.82, 2.24) is 15.0 Å². The van der Waals surface area contributed by atoms with Crippen molar-refractivity contribution >= 4 is 65.6 Å². The van der Waals surface area contributed by atoms with Crippen molar-refractivity contribution in [1.29, 1.82) is 0 Å². The molecule has 50 heavy (non-hydrogen) atoms. The highest BCUT2D eigenvalue weighted by molar-refractivity contribution is 9.11. The number of nitrogens with zero attached hydrogens (tertiary/aromatic N) is 3. The lowest BCUT2D eigenvalue weighted by Crippen LogP contribution is -2.14. The minimum absolute atomic E-state index is 0.211. The third-order valence-corrected chi connectivity index (χ3v) is 12.6. The molecular weight excluding hydrogens is 800 g/mol. The first-order valence-corrected chi connectivity index (χ1v) is 21.6. The zero-order chi connectivity index (χ0) is 35.3. The van der Waals surface area contributed by atoms with Gasteiger partial charge in [-0.05, 0) is 74.9 Å². The summed E-state index contributed by atoms with van der Waals surface area (Å²) < 4.78 is 39.3. The molecule has 0 aliphatic rings. The van der Waals surface area contributed by atoms with Crippen LogP contribution in [0.25, 0.3) is 37.6 Å². The molecule has 5 rings (SSSR count). The minimum atomic E-state index is -0.739. The summed E-state index contributed by atoms with van der Waals surface area (Å²) in [5, 5.41) is 9.59. The van der Waals surface area contributed by atoms with Gasteiger partial charge in [-0.15, -0.1) is 32.9 Å². The Kier molecular flexibility index (Phi) is 15.8. The van der Waals surface area contributed by atoms with Gasteiger partial charge in [0, 0.05) is 33.0 Å². The van der Waals surface area contributed by atoms with Crippen LogP contribution >= 0.6 is 54.5 Å². The highest BCUT2D eigenvalue weighted by Crippen LogP contribution is 2.41. The molecule has 0 aliphatic carbocycles. The Labute approximate surface area is 321 Å². The summed E-state index contributed by atoms with van der Waals surface area (Å²) in [5.74, 6) is -1.51. The van der Waals surface area contributed by atoms with Crippen molar-refractivity contribution in [2.75, 3.05) is 6.61 Å². The third-order valence-electron chi connectivity index (χ3n) is 9.33. The average Bonchev–Trinajstić information content (AvgIpc) is 3.86. The maximum absolute atomic E-state index is 15.7. The van der Waals surface area contributed by atoms with Gasteiger partial charge in [0.15, 0.2) is 17.4 Å². The first-order chi connectivity index (χ1) is 24.4. The van der Waals surface area contributed by atoms with Gasteiger partial charge < -0.3 is 4.74 Å². The van der Waals surface area contributed by atoms with Gasteiger partial charge in [-0.2, -0.15) is 4.80 Å². The molecule has 5 aromatic rings. The molecule has 2 aromatic carbocycles. The molecule has 0 fully saturated rings. The van der Waals surface area contributed by atoms with Crippen LogP contribution in [-0.2, 0) is 0 Å². The van der Waals surface area contributed by atoms with E-state index >= 15 is 8.78 Å². The molecule has 0 bridgehead atoms. The molecule has 0 saturated heterocycles. The Balaban J connectivity index is 1.31. The predicted octanol–water partition coefficient (Wildman–Crippen LogP) is 15.0. The second-order valence-electron chi connectivity index (χ2n) is 13.3. The van der Waals surface area contributed by atoms with E-state index in [1.807, 2.05) is 36.4 Å². The van der Waals surface area contributed by atoms with Crippen LogP contribution in [-0.4, -0.2) is 21.6 Å². The number of hydrogen-bond donors (Lipinski definition) is 0. The van der Waals surface area contributed by atoms with E-state index in [9.17, 15) is 0 Å². The lowest BCUT2D eigenvalue weighted by molar-refractivity contribution is 0.208. The molecule has 0 aliphatic heterocycles. The molecule has 0 radical (unpaired) electrons. The lowest BCUT2D eigenvalue weighted by atomic mass is 9.94. The van der Waals surface area contributed by atoms with E-state index in [2.05, 4.69) is 45.7 Å². The van der Waals surface area contributed by atoms with Crippen LogP contribution in [0.1, 0.15) is 117 Å². The van der Waals surface area contributed by atoms with Gasteiger partial charge in [-0.3, -0.25) is 0 Å². The summed E-state index contributed by atoms with van der Waals surface area (Å²) in [6, 6.07) is 14.7. The van der Waals surface area contributed by atoms with E-state index in [-0.39, 0.29) is 17.4 Å². The molecule has 3 heterocycles. The maximum Gasteiger partial charge on any atom is 0.190 e. The molecule has 0 N–H and O–H groups in total. The molecule has 10 heteroatoms. The van der Waals surface area contributed by atoms with Gasteiger partial charge in [0.25, 0.3) is 0 Å². The molecule has 3 aromatic heterocycles. The Morgan fingerprint density at radius 3 is 1.50 bits per heavy atom. The van der Waals surface area contributed by atoms with Crippen LogP contribution in [0, 0.1) is 17.6 Å². The van der Waals surface area contributed by atoms with E-state index in [0.717, 1.165) is 54.1 Å². The Morgan fingerprint density at radius 1 is 0.640 bits per heavy atom. The van der Waals surface area contributed by atoms with Crippen molar-refractivity contribution in [3.05, 3.63) is 67.7 Å². The van der Waals surface area contributed by atoms with Crippen LogP contribution in [0.15, 0.2) is 56.1 Å². The first-order valence-electron chi connectivity index (χ1n) is 18.4. The number of benzene rings is 2. The van der Waals surface area contributed by atoms with Crippen molar-refractivity contribution in [3.8, 4) is 32.3 Å². The summed E-state index contributed by atoms with van der Waals surface area (Å²) in [6.07, 6.45) is 19.6. The number of fused-ring (bicyclic) bond motifs is 1. The van der Waals surface area contributed by atoms with E-state index in [1.54, 1.807) is 22.7 Å². The molecule has 270 valence electrons. The second kappa shape index (κ2) is 20.2. The van der Waals surface area contributed by atoms with Crippen LogP contribution in [0.3, 0.4) is 0 Å². The van der Waals surface area contributed by atoms with Gasteiger partial charge in [0.1, 0.15) is 11.0 Å². The monoisotopic (exact) mass is 847 g/mol. The highest BCUT2D eigenvalue weighted by atomic mass is 79.9. The lowest BCUT2D eigenvalue weighted by Gasteiger charge is -2.19. The summed E-state index contributed by atoms with van der Waals surface area (Å²) in [7, 11) is 0. The van der Waals surface area contributed by atoms with E-state index < -0.39 is 11.6 Å². The number of rotatable bonds is 22. The quantitative estimate of drug-likeness (QED) is 0.0652. The fourth-order valence-corrected chi connectivity index (χ4v) is 9.34. The molecule has 0 saturated carbocycles. The summed E-state index contributed by atoms with van der Waals surface area (Å²) >= 11 is 10.3. The topological polar surface area (TPSA) is 39.9 Å². The number of thiophene rings is 2. The second-order valence-corrected chi connectivity index (χ2v) is 18.2. The van der Waals surface area contributed by atoms with E-state index in [0.29, 0.717) is 17.6 Å². The fraction of sp³-hybridized carbons (Fsp3) is 0.500. The van der Waals surface area contributed by atoms with Crippen molar-refractivity contribution in [2.45, 2.75) is 117 Å². The molecular formula is C40H49Br2F2N3OS2. The molecule has 0 spiro atoms. The van der Waals surface area contributed by atoms with Gasteiger partial charge in [0.2, 0.25) is 0 Å². The zero-order valence-corrected chi connectivity index (χ0v) is 34.1. The van der Waals surface area contributed by atoms with E-state index in [1.165, 1.54) is 94.0 Å². The standard InChI is InChI=1S/C40H49Br2F2N3OS2/c1-3-5-7-9-11-12-14-16-18-28(17-15-13-10-8-6-4-2)27-48-40-32(43)25-29(26-33(40)44)47-45-38-30(34-21-23-36(41)49-34)19-20-31(39(38)46-47)35-22-24-37(42)50-35/h19-26,28H,3-18,27H2,1-2H3. The number of aromatic nitrogens is 3. The van der Waals surface area contributed by atoms with E-state index in [4.69, 9.17) is 14.9 Å². The van der Waals surface area contributed by atoms with Gasteiger partial charge in [-0.25, -0.2) is 8.78 Å². The van der Waals surface area contributed by atoms with Crippen LogP contribution < -0.4 is 4.74 Å². The van der Waals surface area contributed by atoms with Crippen molar-refractivity contribution in [2.24, 2.45) is 5.92 Å². The zero-order valence-electron chi connectivity index (χ0n) is 29.3. The van der Waals surface area contributed by atoms with Gasteiger partial charge >= 0.3 is 0 Å². The normalized spacial score (nSPS) is 12.3. The third kappa shape index (κ3) is 10.9. The first kappa shape index (κ1) is 39.1. The minimum Gasteiger partial charge on any atom is -0.487 e. The molecule has 4 nitrogen and oxygen atoms in total.